The van der Waals surface area contributed by atoms with E-state index in [9.17, 15) is 0 Å². The topological polar surface area (TPSA) is 38.7 Å². The molecule has 92 valence electrons. The minimum Gasteiger partial charge on any atom is -0.248 e. The first-order valence-electron chi connectivity index (χ1n) is 5.54. The minimum absolute atomic E-state index is 0.555. The summed E-state index contributed by atoms with van der Waals surface area (Å²) in [4.78, 5) is 13.3. The molecule has 3 nitrogen and oxygen atoms in total. The summed E-state index contributed by atoms with van der Waals surface area (Å²) in [6.07, 6.45) is 4.20. The van der Waals surface area contributed by atoms with Crippen molar-refractivity contribution in [2.24, 2.45) is 0 Å². The molecule has 6 heteroatoms. The van der Waals surface area contributed by atoms with Gasteiger partial charge in [-0.15, -0.1) is 0 Å². The Hall–Kier alpha value is -0.460. The van der Waals surface area contributed by atoms with Crippen LogP contribution in [0.1, 0.15) is 24.6 Å². The lowest BCUT2D eigenvalue weighted by Crippen LogP contribution is -1.94. The van der Waals surface area contributed by atoms with Crippen LogP contribution >= 0.6 is 43.6 Å². The van der Waals surface area contributed by atoms with Crippen LogP contribution in [0.15, 0.2) is 43.5 Å². The molecule has 0 amide bonds. The molecule has 0 spiro atoms. The lowest BCUT2D eigenvalue weighted by atomic mass is 10.4. The van der Waals surface area contributed by atoms with Gasteiger partial charge in [-0.2, -0.15) is 0 Å². The Balaban J connectivity index is 1.85. The van der Waals surface area contributed by atoms with E-state index in [0.717, 1.165) is 25.0 Å². The summed E-state index contributed by atoms with van der Waals surface area (Å²) in [5.74, 6) is 1.50. The third-order valence-electron chi connectivity index (χ3n) is 2.54. The Kier molecular flexibility index (Phi) is 3.68. The Morgan fingerprint density at radius 2 is 1.94 bits per heavy atom. The van der Waals surface area contributed by atoms with E-state index in [1.54, 1.807) is 18.0 Å². The Labute approximate surface area is 126 Å². The maximum absolute atomic E-state index is 4.58. The predicted octanol–water partition coefficient (Wildman–Crippen LogP) is 4.43. The summed E-state index contributed by atoms with van der Waals surface area (Å²) < 4.78 is 1.83. The van der Waals surface area contributed by atoms with Crippen LogP contribution in [0, 0.1) is 0 Å². The van der Waals surface area contributed by atoms with Gasteiger partial charge in [-0.25, -0.2) is 15.0 Å². The zero-order chi connectivity index (χ0) is 12.5. The second-order valence-electron chi connectivity index (χ2n) is 4.08. The molecule has 0 atom stereocenters. The van der Waals surface area contributed by atoms with Gasteiger partial charge in [0, 0.05) is 22.7 Å². The van der Waals surface area contributed by atoms with E-state index in [0.29, 0.717) is 5.92 Å². The number of pyridine rings is 1. The molecule has 0 saturated heterocycles. The standard InChI is InChI=1S/C12H9Br2N3S/c13-8-3-4-10(15-6-8)18-11-5-9(14)16-12(17-11)7-1-2-7/h3-7H,1-2H2. The van der Waals surface area contributed by atoms with E-state index in [2.05, 4.69) is 46.8 Å². The smallest absolute Gasteiger partial charge is 0.134 e. The first-order chi connectivity index (χ1) is 8.70. The average Bonchev–Trinajstić information content (AvgIpc) is 3.15. The van der Waals surface area contributed by atoms with Gasteiger partial charge in [0.1, 0.15) is 20.5 Å². The molecular weight excluding hydrogens is 378 g/mol. The van der Waals surface area contributed by atoms with Crippen LogP contribution in [0.4, 0.5) is 0 Å². The van der Waals surface area contributed by atoms with Crippen molar-refractivity contribution in [3.05, 3.63) is 39.3 Å². The van der Waals surface area contributed by atoms with Gasteiger partial charge >= 0.3 is 0 Å². The third-order valence-corrected chi connectivity index (χ3v) is 4.28. The largest absolute Gasteiger partial charge is 0.248 e. The van der Waals surface area contributed by atoms with Gasteiger partial charge in [0.05, 0.1) is 0 Å². The van der Waals surface area contributed by atoms with Crippen molar-refractivity contribution in [1.82, 2.24) is 15.0 Å². The normalized spacial score (nSPS) is 14.8. The number of hydrogen-bond donors (Lipinski definition) is 0. The molecule has 18 heavy (non-hydrogen) atoms. The monoisotopic (exact) mass is 385 g/mol. The van der Waals surface area contributed by atoms with Crippen LogP contribution in [-0.4, -0.2) is 15.0 Å². The van der Waals surface area contributed by atoms with Crippen molar-refractivity contribution in [1.29, 1.82) is 0 Å². The summed E-state index contributed by atoms with van der Waals surface area (Å²) in [5, 5.41) is 1.87. The van der Waals surface area contributed by atoms with Gasteiger partial charge in [0.15, 0.2) is 0 Å². The maximum atomic E-state index is 4.58. The second-order valence-corrected chi connectivity index (χ2v) is 6.85. The number of rotatable bonds is 3. The van der Waals surface area contributed by atoms with Crippen LogP contribution in [0.5, 0.6) is 0 Å². The number of aromatic nitrogens is 3. The van der Waals surface area contributed by atoms with E-state index >= 15 is 0 Å². The van der Waals surface area contributed by atoms with E-state index < -0.39 is 0 Å². The second kappa shape index (κ2) is 5.27. The Bertz CT molecular complexity index is 570. The van der Waals surface area contributed by atoms with Gasteiger partial charge in [-0.05, 0) is 68.6 Å². The first kappa shape index (κ1) is 12.6. The predicted molar refractivity (Wildman–Crippen MR) is 77.8 cm³/mol. The molecule has 0 unspecified atom stereocenters. The summed E-state index contributed by atoms with van der Waals surface area (Å²) in [5.41, 5.74) is 0. The van der Waals surface area contributed by atoms with Crippen molar-refractivity contribution in [3.63, 3.8) is 0 Å². The fourth-order valence-corrected chi connectivity index (χ4v) is 3.07. The number of hydrogen-bond acceptors (Lipinski definition) is 4. The van der Waals surface area contributed by atoms with Crippen LogP contribution in [0.25, 0.3) is 0 Å². The van der Waals surface area contributed by atoms with Gasteiger partial charge in [-0.3, -0.25) is 0 Å². The molecule has 1 fully saturated rings. The molecule has 2 heterocycles. The van der Waals surface area contributed by atoms with E-state index in [-0.39, 0.29) is 0 Å². The van der Waals surface area contributed by atoms with Gasteiger partial charge in [-0.1, -0.05) is 0 Å². The SMILES string of the molecule is Brc1ccc(Sc2cc(Br)nc(C3CC3)n2)nc1. The summed E-state index contributed by atoms with van der Waals surface area (Å²) in [6.45, 7) is 0. The highest BCUT2D eigenvalue weighted by molar-refractivity contribution is 9.10. The fourth-order valence-electron chi connectivity index (χ4n) is 1.52. The zero-order valence-electron chi connectivity index (χ0n) is 9.31. The molecule has 2 aromatic heterocycles. The van der Waals surface area contributed by atoms with Crippen LogP contribution < -0.4 is 0 Å². The molecule has 2 aromatic rings. The lowest BCUT2D eigenvalue weighted by Gasteiger charge is -2.03. The van der Waals surface area contributed by atoms with E-state index in [1.165, 1.54) is 12.8 Å². The van der Waals surface area contributed by atoms with Crippen molar-refractivity contribution in [2.75, 3.05) is 0 Å². The molecule has 0 radical (unpaired) electrons. The zero-order valence-corrected chi connectivity index (χ0v) is 13.3. The van der Waals surface area contributed by atoms with Crippen molar-refractivity contribution in [2.45, 2.75) is 28.8 Å². The quantitative estimate of drug-likeness (QED) is 0.731. The van der Waals surface area contributed by atoms with Gasteiger partial charge in [0.2, 0.25) is 0 Å². The molecule has 0 bridgehead atoms. The van der Waals surface area contributed by atoms with Crippen LogP contribution in [0.3, 0.4) is 0 Å². The van der Waals surface area contributed by atoms with E-state index in [1.807, 2.05) is 18.2 Å². The molecule has 0 aromatic carbocycles. The molecule has 1 saturated carbocycles. The number of halogens is 2. The van der Waals surface area contributed by atoms with Crippen molar-refractivity contribution < 1.29 is 0 Å². The van der Waals surface area contributed by atoms with Crippen molar-refractivity contribution >= 4 is 43.6 Å². The van der Waals surface area contributed by atoms with Crippen LogP contribution in [0.2, 0.25) is 0 Å². The Morgan fingerprint density at radius 3 is 2.61 bits per heavy atom. The van der Waals surface area contributed by atoms with E-state index in [4.69, 9.17) is 0 Å². The first-order valence-corrected chi connectivity index (χ1v) is 7.95. The highest BCUT2D eigenvalue weighted by Gasteiger charge is 2.27. The molecule has 1 aliphatic carbocycles. The highest BCUT2D eigenvalue weighted by atomic mass is 79.9. The lowest BCUT2D eigenvalue weighted by molar-refractivity contribution is 0.865. The Morgan fingerprint density at radius 1 is 1.11 bits per heavy atom. The highest BCUT2D eigenvalue weighted by Crippen LogP contribution is 2.39. The minimum atomic E-state index is 0.555. The fraction of sp³-hybridized carbons (Fsp3) is 0.250. The van der Waals surface area contributed by atoms with Crippen LogP contribution in [-0.2, 0) is 0 Å². The van der Waals surface area contributed by atoms with Gasteiger partial charge < -0.3 is 0 Å². The maximum Gasteiger partial charge on any atom is 0.134 e. The average molecular weight is 387 g/mol. The van der Waals surface area contributed by atoms with Crippen molar-refractivity contribution in [3.8, 4) is 0 Å². The third kappa shape index (κ3) is 3.10. The molecular formula is C12H9Br2N3S. The van der Waals surface area contributed by atoms with Gasteiger partial charge in [0.25, 0.3) is 0 Å². The molecule has 0 aliphatic heterocycles. The summed E-state index contributed by atoms with van der Waals surface area (Å²) in [7, 11) is 0. The molecule has 3 rings (SSSR count). The summed E-state index contributed by atoms with van der Waals surface area (Å²) in [6, 6.07) is 5.88. The molecule has 1 aliphatic rings. The summed E-state index contributed by atoms with van der Waals surface area (Å²) >= 11 is 8.37. The molecule has 0 N–H and O–H groups in total. The number of nitrogens with zero attached hydrogens (tertiary/aromatic N) is 3.